The van der Waals surface area contributed by atoms with Gasteiger partial charge in [-0.1, -0.05) is 42.5 Å². The lowest BCUT2D eigenvalue weighted by molar-refractivity contribution is 0.0339. The molecule has 1 atom stereocenters. The molecular weight excluding hydrogens is 312 g/mol. The summed E-state index contributed by atoms with van der Waals surface area (Å²) in [4.78, 5) is 14.6. The topological polar surface area (TPSA) is 41.6 Å². The molecule has 2 aromatic rings. The molecular formula is C21H24N2O2. The molecule has 4 heteroatoms. The van der Waals surface area contributed by atoms with E-state index in [-0.39, 0.29) is 12.2 Å². The normalized spacial score (nSPS) is 20.9. The van der Waals surface area contributed by atoms with Crippen LogP contribution in [0.5, 0.6) is 0 Å². The summed E-state index contributed by atoms with van der Waals surface area (Å²) in [5, 5.41) is 2.81. The van der Waals surface area contributed by atoms with Gasteiger partial charge in [0.05, 0.1) is 0 Å². The van der Waals surface area contributed by atoms with Crippen LogP contribution < -0.4 is 5.32 Å². The largest absolute Gasteiger partial charge is 0.445 e. The van der Waals surface area contributed by atoms with Crippen LogP contribution in [0.1, 0.15) is 24.0 Å². The van der Waals surface area contributed by atoms with Gasteiger partial charge in [-0.2, -0.15) is 0 Å². The number of rotatable bonds is 3. The summed E-state index contributed by atoms with van der Waals surface area (Å²) in [6.45, 7) is 1.93. The maximum absolute atomic E-state index is 12.1. The molecule has 0 bridgehead atoms. The van der Waals surface area contributed by atoms with Crippen molar-refractivity contribution in [1.82, 2.24) is 4.90 Å². The predicted octanol–water partition coefficient (Wildman–Crippen LogP) is 3.87. The summed E-state index contributed by atoms with van der Waals surface area (Å²) in [6, 6.07) is 18.7. The third-order valence-corrected chi connectivity index (χ3v) is 5.25. The van der Waals surface area contributed by atoms with E-state index in [0.717, 1.165) is 44.5 Å². The molecule has 0 spiro atoms. The number of para-hydroxylation sites is 1. The molecule has 1 N–H and O–H groups in total. The van der Waals surface area contributed by atoms with Crippen LogP contribution in [0.2, 0.25) is 0 Å². The Hall–Kier alpha value is -2.33. The monoisotopic (exact) mass is 336 g/mol. The van der Waals surface area contributed by atoms with E-state index in [1.165, 1.54) is 11.1 Å². The summed E-state index contributed by atoms with van der Waals surface area (Å²) in [5.41, 5.74) is 3.71. The molecule has 2 aliphatic rings. The maximum atomic E-state index is 12.1. The number of nitrogens with one attached hydrogen (secondary N) is 1. The first-order valence-electron chi connectivity index (χ1n) is 9.11. The van der Waals surface area contributed by atoms with Crippen molar-refractivity contribution in [2.45, 2.75) is 37.8 Å². The summed E-state index contributed by atoms with van der Waals surface area (Å²) < 4.78 is 5.67. The van der Waals surface area contributed by atoms with Gasteiger partial charge >= 0.3 is 6.09 Å². The van der Waals surface area contributed by atoms with Crippen LogP contribution >= 0.6 is 0 Å². The smallest absolute Gasteiger partial charge is 0.411 e. The molecule has 0 aromatic heterocycles. The van der Waals surface area contributed by atoms with Crippen molar-refractivity contribution in [3.8, 4) is 0 Å². The van der Waals surface area contributed by atoms with Crippen molar-refractivity contribution in [3.05, 3.63) is 65.7 Å². The predicted molar refractivity (Wildman–Crippen MR) is 98.8 cm³/mol. The Kier molecular flexibility index (Phi) is 4.70. The van der Waals surface area contributed by atoms with Gasteiger partial charge in [-0.3, -0.25) is 10.2 Å². The van der Waals surface area contributed by atoms with Gasteiger partial charge in [0.1, 0.15) is 6.10 Å². The number of ether oxygens (including phenoxy) is 1. The number of amides is 1. The van der Waals surface area contributed by atoms with Crippen LogP contribution in [0.25, 0.3) is 0 Å². The molecule has 1 saturated heterocycles. The summed E-state index contributed by atoms with van der Waals surface area (Å²) in [6.07, 6.45) is 3.86. The lowest BCUT2D eigenvalue weighted by atomic mass is 10.0. The fourth-order valence-corrected chi connectivity index (χ4v) is 4.01. The van der Waals surface area contributed by atoms with Crippen molar-refractivity contribution in [3.63, 3.8) is 0 Å². The van der Waals surface area contributed by atoms with Gasteiger partial charge in [0, 0.05) is 18.3 Å². The molecule has 25 heavy (non-hydrogen) atoms. The number of anilines is 1. The minimum absolute atomic E-state index is 0.0267. The molecule has 2 aromatic carbocycles. The van der Waals surface area contributed by atoms with Crippen LogP contribution in [-0.2, 0) is 17.6 Å². The van der Waals surface area contributed by atoms with E-state index < -0.39 is 0 Å². The number of carbonyl (C=O) groups excluding carboxylic acids is 1. The maximum Gasteiger partial charge on any atom is 0.411 e. The minimum Gasteiger partial charge on any atom is -0.445 e. The highest BCUT2D eigenvalue weighted by molar-refractivity contribution is 5.84. The Morgan fingerprint density at radius 3 is 2.40 bits per heavy atom. The molecule has 1 heterocycles. The van der Waals surface area contributed by atoms with E-state index in [2.05, 4.69) is 34.5 Å². The average Bonchev–Trinajstić information content (AvgIpc) is 3.07. The Balaban J connectivity index is 1.32. The molecule has 1 aliphatic heterocycles. The number of carbonyl (C=O) groups is 1. The highest BCUT2D eigenvalue weighted by Gasteiger charge is 2.31. The van der Waals surface area contributed by atoms with Crippen molar-refractivity contribution in [2.24, 2.45) is 0 Å². The molecule has 0 saturated carbocycles. The first kappa shape index (κ1) is 16.2. The number of piperidine rings is 1. The number of hydrogen-bond donors (Lipinski definition) is 1. The first-order valence-corrected chi connectivity index (χ1v) is 9.11. The van der Waals surface area contributed by atoms with Gasteiger partial charge < -0.3 is 4.74 Å². The van der Waals surface area contributed by atoms with E-state index in [1.807, 2.05) is 30.3 Å². The zero-order valence-corrected chi connectivity index (χ0v) is 14.4. The van der Waals surface area contributed by atoms with Crippen molar-refractivity contribution < 1.29 is 9.53 Å². The highest BCUT2D eigenvalue weighted by atomic mass is 16.6. The van der Waals surface area contributed by atoms with Crippen LogP contribution in [0.3, 0.4) is 0 Å². The SMILES string of the molecule is O=C(Nc1ccccc1)O[C@H]1CCCN(C2Cc3ccccc3C2)C1. The van der Waals surface area contributed by atoms with Gasteiger partial charge in [-0.05, 0) is 55.5 Å². The van der Waals surface area contributed by atoms with Gasteiger partial charge in [-0.15, -0.1) is 0 Å². The second kappa shape index (κ2) is 7.28. The fourth-order valence-electron chi connectivity index (χ4n) is 4.01. The Morgan fingerprint density at radius 1 is 1.00 bits per heavy atom. The van der Waals surface area contributed by atoms with Crippen LogP contribution in [0.4, 0.5) is 10.5 Å². The number of fused-ring (bicyclic) bond motifs is 1. The quantitative estimate of drug-likeness (QED) is 0.925. The van der Waals surface area contributed by atoms with Gasteiger partial charge in [0.2, 0.25) is 0 Å². The molecule has 1 fully saturated rings. The van der Waals surface area contributed by atoms with Crippen LogP contribution in [0, 0.1) is 0 Å². The Bertz CT molecular complexity index is 707. The molecule has 4 rings (SSSR count). The van der Waals surface area contributed by atoms with Crippen molar-refractivity contribution in [1.29, 1.82) is 0 Å². The van der Waals surface area contributed by atoms with E-state index in [1.54, 1.807) is 0 Å². The molecule has 1 amide bonds. The van der Waals surface area contributed by atoms with E-state index >= 15 is 0 Å². The molecule has 0 unspecified atom stereocenters. The van der Waals surface area contributed by atoms with Crippen molar-refractivity contribution >= 4 is 11.8 Å². The van der Waals surface area contributed by atoms with Crippen LogP contribution in [0.15, 0.2) is 54.6 Å². The zero-order valence-electron chi connectivity index (χ0n) is 14.4. The number of likely N-dealkylation sites (tertiary alicyclic amines) is 1. The summed E-state index contributed by atoms with van der Waals surface area (Å²) in [5.74, 6) is 0. The van der Waals surface area contributed by atoms with E-state index in [0.29, 0.717) is 6.04 Å². The standard InChI is InChI=1S/C21H24N2O2/c24-21(22-18-9-2-1-3-10-18)25-20-11-6-12-23(15-20)19-13-16-7-4-5-8-17(16)14-19/h1-5,7-10,19-20H,6,11-15H2,(H,22,24)/t20-/m0/s1. The molecule has 4 nitrogen and oxygen atoms in total. The van der Waals surface area contributed by atoms with E-state index in [9.17, 15) is 4.79 Å². The third kappa shape index (κ3) is 3.85. The number of nitrogens with zero attached hydrogens (tertiary/aromatic N) is 1. The van der Waals surface area contributed by atoms with Gasteiger partial charge in [0.25, 0.3) is 0 Å². The lowest BCUT2D eigenvalue weighted by Gasteiger charge is -2.36. The fraction of sp³-hybridized carbons (Fsp3) is 0.381. The Labute approximate surface area is 148 Å². The third-order valence-electron chi connectivity index (χ3n) is 5.25. The molecule has 1 aliphatic carbocycles. The highest BCUT2D eigenvalue weighted by Crippen LogP contribution is 2.28. The number of hydrogen-bond acceptors (Lipinski definition) is 3. The first-order chi connectivity index (χ1) is 12.3. The summed E-state index contributed by atoms with van der Waals surface area (Å²) >= 11 is 0. The van der Waals surface area contributed by atoms with Gasteiger partial charge in [-0.25, -0.2) is 4.79 Å². The summed E-state index contributed by atoms with van der Waals surface area (Å²) in [7, 11) is 0. The average molecular weight is 336 g/mol. The van der Waals surface area contributed by atoms with Crippen LogP contribution in [-0.4, -0.2) is 36.2 Å². The zero-order chi connectivity index (χ0) is 17.1. The van der Waals surface area contributed by atoms with E-state index in [4.69, 9.17) is 4.74 Å². The lowest BCUT2D eigenvalue weighted by Crippen LogP contribution is -2.46. The minimum atomic E-state index is -0.354. The molecule has 130 valence electrons. The van der Waals surface area contributed by atoms with Gasteiger partial charge in [0.15, 0.2) is 0 Å². The van der Waals surface area contributed by atoms with Crippen molar-refractivity contribution in [2.75, 3.05) is 18.4 Å². The second-order valence-corrected chi connectivity index (χ2v) is 6.99. The number of benzene rings is 2. The second-order valence-electron chi connectivity index (χ2n) is 6.99. The Morgan fingerprint density at radius 2 is 1.68 bits per heavy atom. The molecule has 0 radical (unpaired) electrons.